The SMILES string of the molecule is CN(C)CCCOc1c(Br)cc(CCNC(=O)/C(Cc2ccccc2)=N\O)cc1Br. The molecule has 0 heterocycles. The molecule has 0 atom stereocenters. The Hall–Kier alpha value is -1.90. The smallest absolute Gasteiger partial charge is 0.269 e. The minimum Gasteiger partial charge on any atom is -0.491 e. The topological polar surface area (TPSA) is 74.2 Å². The zero-order valence-corrected chi connectivity index (χ0v) is 20.4. The molecule has 8 heteroatoms. The van der Waals surface area contributed by atoms with Crippen LogP contribution in [0.15, 0.2) is 56.6 Å². The Labute approximate surface area is 194 Å². The first-order valence-corrected chi connectivity index (χ1v) is 11.3. The van der Waals surface area contributed by atoms with Gasteiger partial charge in [-0.1, -0.05) is 35.5 Å². The summed E-state index contributed by atoms with van der Waals surface area (Å²) in [6.07, 6.45) is 1.85. The van der Waals surface area contributed by atoms with Gasteiger partial charge in [0.25, 0.3) is 5.91 Å². The molecule has 0 saturated carbocycles. The Morgan fingerprint density at radius 2 is 1.80 bits per heavy atom. The van der Waals surface area contributed by atoms with Gasteiger partial charge < -0.3 is 20.2 Å². The molecule has 0 saturated heterocycles. The number of rotatable bonds is 11. The molecule has 2 aromatic rings. The Balaban J connectivity index is 1.85. The van der Waals surface area contributed by atoms with E-state index in [4.69, 9.17) is 4.74 Å². The summed E-state index contributed by atoms with van der Waals surface area (Å²) in [5.74, 6) is 0.402. The molecule has 162 valence electrons. The van der Waals surface area contributed by atoms with Crippen molar-refractivity contribution in [3.63, 3.8) is 0 Å². The van der Waals surface area contributed by atoms with Crippen LogP contribution in [0.3, 0.4) is 0 Å². The fraction of sp³-hybridized carbons (Fsp3) is 0.364. The summed E-state index contributed by atoms with van der Waals surface area (Å²) in [5, 5.41) is 15.2. The molecule has 0 aliphatic rings. The quantitative estimate of drug-likeness (QED) is 0.193. The highest BCUT2D eigenvalue weighted by Gasteiger charge is 2.13. The number of carbonyl (C=O) groups is 1. The van der Waals surface area contributed by atoms with Crippen LogP contribution in [0.1, 0.15) is 17.5 Å². The van der Waals surface area contributed by atoms with Crippen molar-refractivity contribution in [2.45, 2.75) is 19.3 Å². The highest BCUT2D eigenvalue weighted by Crippen LogP contribution is 2.35. The lowest BCUT2D eigenvalue weighted by Gasteiger charge is -2.14. The average Bonchev–Trinajstić information content (AvgIpc) is 2.71. The molecule has 1 amide bonds. The third-order valence-electron chi connectivity index (χ3n) is 4.35. The van der Waals surface area contributed by atoms with E-state index in [0.29, 0.717) is 19.6 Å². The maximum absolute atomic E-state index is 12.3. The number of hydrogen-bond acceptors (Lipinski definition) is 5. The molecule has 0 bridgehead atoms. The van der Waals surface area contributed by atoms with Gasteiger partial charge in [-0.05, 0) is 82.1 Å². The Morgan fingerprint density at radius 3 is 2.40 bits per heavy atom. The number of carbonyl (C=O) groups excluding carboxylic acids is 1. The van der Waals surface area contributed by atoms with E-state index in [9.17, 15) is 10.0 Å². The van der Waals surface area contributed by atoms with Crippen LogP contribution in [0.2, 0.25) is 0 Å². The number of halogens is 2. The van der Waals surface area contributed by atoms with Crippen molar-refractivity contribution in [3.05, 3.63) is 62.5 Å². The molecule has 2 N–H and O–H groups in total. The summed E-state index contributed by atoms with van der Waals surface area (Å²) >= 11 is 7.13. The van der Waals surface area contributed by atoms with E-state index >= 15 is 0 Å². The van der Waals surface area contributed by atoms with E-state index in [2.05, 4.69) is 47.2 Å². The van der Waals surface area contributed by atoms with Gasteiger partial charge >= 0.3 is 0 Å². The summed E-state index contributed by atoms with van der Waals surface area (Å²) in [5.41, 5.74) is 2.04. The first-order chi connectivity index (χ1) is 14.4. The van der Waals surface area contributed by atoms with Gasteiger partial charge in [0.15, 0.2) is 0 Å². The van der Waals surface area contributed by atoms with E-state index in [1.807, 2.05) is 56.6 Å². The van der Waals surface area contributed by atoms with E-state index in [-0.39, 0.29) is 18.0 Å². The Morgan fingerprint density at radius 1 is 1.13 bits per heavy atom. The molecule has 0 fully saturated rings. The lowest BCUT2D eigenvalue weighted by atomic mass is 10.1. The third kappa shape index (κ3) is 8.08. The van der Waals surface area contributed by atoms with Gasteiger partial charge in [0.2, 0.25) is 0 Å². The summed E-state index contributed by atoms with van der Waals surface area (Å²) in [7, 11) is 4.08. The van der Waals surface area contributed by atoms with Gasteiger partial charge in [-0.2, -0.15) is 0 Å². The number of benzene rings is 2. The molecule has 2 rings (SSSR count). The highest BCUT2D eigenvalue weighted by atomic mass is 79.9. The molecule has 0 unspecified atom stereocenters. The summed E-state index contributed by atoms with van der Waals surface area (Å²) < 4.78 is 7.62. The van der Waals surface area contributed by atoms with Crippen LogP contribution < -0.4 is 10.1 Å². The van der Waals surface area contributed by atoms with Gasteiger partial charge in [-0.15, -0.1) is 0 Å². The van der Waals surface area contributed by atoms with Crippen molar-refractivity contribution in [2.75, 3.05) is 33.8 Å². The normalized spacial score (nSPS) is 11.6. The Bertz CT molecular complexity index is 835. The lowest BCUT2D eigenvalue weighted by molar-refractivity contribution is -0.115. The highest BCUT2D eigenvalue weighted by molar-refractivity contribution is 9.11. The monoisotopic (exact) mass is 539 g/mol. The molecule has 0 aromatic heterocycles. The van der Waals surface area contributed by atoms with Gasteiger partial charge in [0.05, 0.1) is 15.6 Å². The third-order valence-corrected chi connectivity index (χ3v) is 5.53. The fourth-order valence-electron chi connectivity index (χ4n) is 2.82. The van der Waals surface area contributed by atoms with Crippen LogP contribution in [0.5, 0.6) is 5.75 Å². The van der Waals surface area contributed by atoms with Crippen molar-refractivity contribution >= 4 is 43.5 Å². The first-order valence-electron chi connectivity index (χ1n) is 9.69. The van der Waals surface area contributed by atoms with Crippen LogP contribution in [-0.4, -0.2) is 55.5 Å². The van der Waals surface area contributed by atoms with Crippen molar-refractivity contribution in [1.82, 2.24) is 10.2 Å². The largest absolute Gasteiger partial charge is 0.491 e. The second kappa shape index (κ2) is 12.7. The molecule has 0 aliphatic heterocycles. The van der Waals surface area contributed by atoms with Crippen LogP contribution in [0, 0.1) is 0 Å². The van der Waals surface area contributed by atoms with E-state index < -0.39 is 0 Å². The minimum absolute atomic E-state index is 0.0880. The minimum atomic E-state index is -0.375. The first kappa shape index (κ1) is 24.4. The standard InChI is InChI=1S/C22H27Br2N3O3/c1-27(2)11-6-12-30-21-18(23)13-17(14-19(21)24)9-10-25-22(28)20(26-29)15-16-7-4-3-5-8-16/h3-5,7-8,13-14,29H,6,9-12,15H2,1-2H3,(H,25,28)/b26-20-. The van der Waals surface area contributed by atoms with Gasteiger partial charge in [-0.3, -0.25) is 4.79 Å². The van der Waals surface area contributed by atoms with E-state index in [1.54, 1.807) is 0 Å². The maximum Gasteiger partial charge on any atom is 0.269 e. The molecule has 6 nitrogen and oxygen atoms in total. The number of amides is 1. The average molecular weight is 541 g/mol. The van der Waals surface area contributed by atoms with Crippen LogP contribution in [0.25, 0.3) is 0 Å². The number of ether oxygens (including phenoxy) is 1. The van der Waals surface area contributed by atoms with Crippen LogP contribution >= 0.6 is 31.9 Å². The van der Waals surface area contributed by atoms with Crippen molar-refractivity contribution in [1.29, 1.82) is 0 Å². The molecule has 0 aliphatic carbocycles. The molecule has 30 heavy (non-hydrogen) atoms. The van der Waals surface area contributed by atoms with Crippen molar-refractivity contribution < 1.29 is 14.7 Å². The molecular formula is C22H27Br2N3O3. The maximum atomic E-state index is 12.3. The summed E-state index contributed by atoms with van der Waals surface area (Å²) in [6.45, 7) is 2.03. The second-order valence-corrected chi connectivity index (χ2v) is 8.82. The number of nitrogens with zero attached hydrogens (tertiary/aromatic N) is 2. The van der Waals surface area contributed by atoms with Crippen molar-refractivity contribution in [2.24, 2.45) is 5.16 Å². The van der Waals surface area contributed by atoms with Gasteiger partial charge in [0, 0.05) is 19.5 Å². The van der Waals surface area contributed by atoms with E-state index in [0.717, 1.165) is 38.8 Å². The molecule has 0 radical (unpaired) electrons. The van der Waals surface area contributed by atoms with Gasteiger partial charge in [0.1, 0.15) is 11.5 Å². The number of hydrogen-bond donors (Lipinski definition) is 2. The zero-order valence-electron chi connectivity index (χ0n) is 17.2. The fourth-order valence-corrected chi connectivity index (χ4v) is 4.33. The number of nitrogens with one attached hydrogen (secondary N) is 1. The van der Waals surface area contributed by atoms with Crippen LogP contribution in [0.4, 0.5) is 0 Å². The van der Waals surface area contributed by atoms with Gasteiger partial charge in [-0.25, -0.2) is 0 Å². The lowest BCUT2D eigenvalue weighted by Crippen LogP contribution is -2.33. The van der Waals surface area contributed by atoms with Crippen LogP contribution in [-0.2, 0) is 17.6 Å². The summed E-state index contributed by atoms with van der Waals surface area (Å²) in [6, 6.07) is 13.4. The molecular weight excluding hydrogens is 514 g/mol. The predicted molar refractivity (Wildman–Crippen MR) is 127 cm³/mol. The second-order valence-electron chi connectivity index (χ2n) is 7.11. The zero-order chi connectivity index (χ0) is 21.9. The van der Waals surface area contributed by atoms with E-state index in [1.165, 1.54) is 0 Å². The number of oxime groups is 1. The van der Waals surface area contributed by atoms with Crippen molar-refractivity contribution in [3.8, 4) is 5.75 Å². The Kier molecular flexibility index (Phi) is 10.3. The molecule has 2 aromatic carbocycles. The molecule has 0 spiro atoms. The summed E-state index contributed by atoms with van der Waals surface area (Å²) in [4.78, 5) is 14.4. The predicted octanol–water partition coefficient (Wildman–Crippen LogP) is 4.27.